The van der Waals surface area contributed by atoms with E-state index in [9.17, 15) is 4.79 Å². The number of nitriles is 2. The van der Waals surface area contributed by atoms with Crippen LogP contribution >= 0.6 is 0 Å². The number of esters is 1. The fourth-order valence-corrected chi connectivity index (χ4v) is 1.19. The van der Waals surface area contributed by atoms with Crippen LogP contribution in [0.25, 0.3) is 0 Å². The lowest BCUT2D eigenvalue weighted by Crippen LogP contribution is -2.11. The van der Waals surface area contributed by atoms with Gasteiger partial charge in [0.15, 0.2) is 0 Å². The van der Waals surface area contributed by atoms with E-state index in [0.717, 1.165) is 0 Å². The van der Waals surface area contributed by atoms with Crippen molar-refractivity contribution in [1.82, 2.24) is 0 Å². The van der Waals surface area contributed by atoms with Gasteiger partial charge in [0.25, 0.3) is 0 Å². The summed E-state index contributed by atoms with van der Waals surface area (Å²) in [5.41, 5.74) is 3.09. The Morgan fingerprint density at radius 1 is 1.37 bits per heavy atom. The van der Waals surface area contributed by atoms with Crippen molar-refractivity contribution in [3.63, 3.8) is 0 Å². The van der Waals surface area contributed by atoms with Gasteiger partial charge >= 0.3 is 5.97 Å². The maximum absolute atomic E-state index is 11.7. The lowest BCUT2D eigenvalue weighted by atomic mass is 10.2. The van der Waals surface area contributed by atoms with E-state index < -0.39 is 5.97 Å². The van der Waals surface area contributed by atoms with Crippen molar-refractivity contribution in [2.45, 2.75) is 20.0 Å². The molecule has 0 amide bonds. The van der Waals surface area contributed by atoms with Gasteiger partial charge in [0, 0.05) is 0 Å². The standard InChI is InChI=1S/C13H12N4O2/c1-9(2)19-13(18)10-4-3-5-11(6-10)16-17-12(7-14)8-15/h3-6,9,16H,1-2H3. The second kappa shape index (κ2) is 6.77. The maximum Gasteiger partial charge on any atom is 0.338 e. The summed E-state index contributed by atoms with van der Waals surface area (Å²) < 4.78 is 5.05. The van der Waals surface area contributed by atoms with E-state index in [4.69, 9.17) is 15.3 Å². The van der Waals surface area contributed by atoms with Gasteiger partial charge in [-0.15, -0.1) is 0 Å². The Kier molecular flexibility index (Phi) is 5.06. The summed E-state index contributed by atoms with van der Waals surface area (Å²) in [4.78, 5) is 11.7. The number of nitrogens with zero attached hydrogens (tertiary/aromatic N) is 3. The van der Waals surface area contributed by atoms with Crippen LogP contribution in [0.4, 0.5) is 5.69 Å². The SMILES string of the molecule is CC(C)OC(=O)c1cccc(NN=C(C#N)C#N)c1. The van der Waals surface area contributed by atoms with E-state index in [-0.39, 0.29) is 11.8 Å². The molecular formula is C13H12N4O2. The molecule has 0 saturated heterocycles. The summed E-state index contributed by atoms with van der Waals surface area (Å²) in [7, 11) is 0. The highest BCUT2D eigenvalue weighted by atomic mass is 16.5. The van der Waals surface area contributed by atoms with Crippen molar-refractivity contribution in [2.75, 3.05) is 5.43 Å². The Bertz CT molecular complexity index is 563. The molecule has 1 N–H and O–H groups in total. The predicted octanol–water partition coefficient (Wildman–Crippen LogP) is 2.07. The van der Waals surface area contributed by atoms with Crippen LogP contribution in [-0.4, -0.2) is 17.8 Å². The van der Waals surface area contributed by atoms with Crippen LogP contribution in [0.3, 0.4) is 0 Å². The zero-order chi connectivity index (χ0) is 14.3. The quantitative estimate of drug-likeness (QED) is 0.505. The van der Waals surface area contributed by atoms with Crippen LogP contribution in [0, 0.1) is 22.7 Å². The lowest BCUT2D eigenvalue weighted by Gasteiger charge is -2.08. The predicted molar refractivity (Wildman–Crippen MR) is 69.3 cm³/mol. The molecule has 0 aliphatic carbocycles. The van der Waals surface area contributed by atoms with Gasteiger partial charge in [-0.2, -0.15) is 15.6 Å². The molecule has 0 aliphatic heterocycles. The van der Waals surface area contributed by atoms with E-state index in [0.29, 0.717) is 11.3 Å². The number of benzene rings is 1. The number of carbonyl (C=O) groups excluding carboxylic acids is 1. The van der Waals surface area contributed by atoms with Crippen molar-refractivity contribution in [2.24, 2.45) is 5.10 Å². The molecule has 1 aromatic rings. The monoisotopic (exact) mass is 256 g/mol. The molecule has 19 heavy (non-hydrogen) atoms. The highest BCUT2D eigenvalue weighted by molar-refractivity contribution is 6.10. The first-order chi connectivity index (χ1) is 9.06. The third-order valence-electron chi connectivity index (χ3n) is 1.95. The van der Waals surface area contributed by atoms with E-state index in [1.54, 1.807) is 44.2 Å². The summed E-state index contributed by atoms with van der Waals surface area (Å²) in [5, 5.41) is 20.6. The number of nitrogens with one attached hydrogen (secondary N) is 1. The molecule has 6 heteroatoms. The molecular weight excluding hydrogens is 244 g/mol. The van der Waals surface area contributed by atoms with E-state index in [2.05, 4.69) is 10.5 Å². The Morgan fingerprint density at radius 2 is 2.05 bits per heavy atom. The number of hydrazone groups is 1. The van der Waals surface area contributed by atoms with Crippen LogP contribution < -0.4 is 5.43 Å². The lowest BCUT2D eigenvalue weighted by molar-refractivity contribution is 0.0378. The van der Waals surface area contributed by atoms with Crippen LogP contribution in [-0.2, 0) is 4.74 Å². The highest BCUT2D eigenvalue weighted by Crippen LogP contribution is 2.12. The Labute approximate surface area is 110 Å². The van der Waals surface area contributed by atoms with Gasteiger partial charge in [-0.05, 0) is 32.0 Å². The second-order valence-electron chi connectivity index (χ2n) is 3.83. The van der Waals surface area contributed by atoms with Gasteiger partial charge in [0.05, 0.1) is 17.4 Å². The van der Waals surface area contributed by atoms with Crippen LogP contribution in [0.2, 0.25) is 0 Å². The van der Waals surface area contributed by atoms with Crippen molar-refractivity contribution in [3.8, 4) is 12.1 Å². The summed E-state index contributed by atoms with van der Waals surface area (Å²) in [5.74, 6) is -0.441. The van der Waals surface area contributed by atoms with E-state index >= 15 is 0 Å². The van der Waals surface area contributed by atoms with Crippen LogP contribution in [0.5, 0.6) is 0 Å². The Balaban J connectivity index is 2.84. The van der Waals surface area contributed by atoms with Gasteiger partial charge in [-0.1, -0.05) is 6.07 Å². The molecule has 0 unspecified atom stereocenters. The summed E-state index contributed by atoms with van der Waals surface area (Å²) in [6, 6.07) is 9.68. The molecule has 0 fully saturated rings. The molecule has 0 aliphatic rings. The zero-order valence-electron chi connectivity index (χ0n) is 10.5. The fraction of sp³-hybridized carbons (Fsp3) is 0.231. The topological polar surface area (TPSA) is 98.3 Å². The van der Waals surface area contributed by atoms with Crippen molar-refractivity contribution >= 4 is 17.4 Å². The number of ether oxygens (including phenoxy) is 1. The minimum atomic E-state index is -0.441. The first kappa shape index (κ1) is 14.2. The number of hydrogen-bond acceptors (Lipinski definition) is 6. The molecule has 0 atom stereocenters. The first-order valence-corrected chi connectivity index (χ1v) is 5.51. The smallest absolute Gasteiger partial charge is 0.338 e. The molecule has 96 valence electrons. The normalized spacial score (nSPS) is 9.11. The number of rotatable bonds is 4. The molecule has 0 spiro atoms. The number of carbonyl (C=O) groups is 1. The minimum absolute atomic E-state index is 0.203. The average Bonchev–Trinajstić information content (AvgIpc) is 2.39. The van der Waals surface area contributed by atoms with Gasteiger partial charge in [0.2, 0.25) is 5.71 Å². The molecule has 0 saturated carbocycles. The highest BCUT2D eigenvalue weighted by Gasteiger charge is 2.09. The van der Waals surface area contributed by atoms with Gasteiger partial charge in [-0.25, -0.2) is 4.79 Å². The third kappa shape index (κ3) is 4.49. The Morgan fingerprint density at radius 3 is 2.63 bits per heavy atom. The van der Waals surface area contributed by atoms with E-state index in [1.165, 1.54) is 6.07 Å². The van der Waals surface area contributed by atoms with E-state index in [1.807, 2.05) is 0 Å². The molecule has 0 aromatic heterocycles. The first-order valence-electron chi connectivity index (χ1n) is 5.51. The average molecular weight is 256 g/mol. The molecule has 1 rings (SSSR count). The molecule has 0 bridgehead atoms. The zero-order valence-corrected chi connectivity index (χ0v) is 10.5. The summed E-state index contributed by atoms with van der Waals surface area (Å²) >= 11 is 0. The molecule has 6 nitrogen and oxygen atoms in total. The van der Waals surface area contributed by atoms with Crippen LogP contribution in [0.1, 0.15) is 24.2 Å². The van der Waals surface area contributed by atoms with Crippen molar-refractivity contribution in [1.29, 1.82) is 10.5 Å². The summed E-state index contributed by atoms with van der Waals surface area (Å²) in [6.45, 7) is 3.52. The fourth-order valence-electron chi connectivity index (χ4n) is 1.19. The molecule has 0 radical (unpaired) electrons. The number of hydrogen-bond donors (Lipinski definition) is 1. The van der Waals surface area contributed by atoms with Gasteiger partial charge in [-0.3, -0.25) is 5.43 Å². The van der Waals surface area contributed by atoms with Crippen molar-refractivity contribution < 1.29 is 9.53 Å². The third-order valence-corrected chi connectivity index (χ3v) is 1.95. The van der Waals surface area contributed by atoms with Crippen molar-refractivity contribution in [3.05, 3.63) is 29.8 Å². The second-order valence-corrected chi connectivity index (χ2v) is 3.83. The molecule has 1 aromatic carbocycles. The largest absolute Gasteiger partial charge is 0.459 e. The minimum Gasteiger partial charge on any atom is -0.459 e. The summed E-state index contributed by atoms with van der Waals surface area (Å²) in [6.07, 6.45) is -0.203. The Hall–Kier alpha value is -2.86. The maximum atomic E-state index is 11.7. The van der Waals surface area contributed by atoms with Crippen LogP contribution in [0.15, 0.2) is 29.4 Å². The van der Waals surface area contributed by atoms with Gasteiger partial charge < -0.3 is 4.74 Å². The number of anilines is 1. The molecule has 0 heterocycles. The van der Waals surface area contributed by atoms with Gasteiger partial charge in [0.1, 0.15) is 12.1 Å².